The summed E-state index contributed by atoms with van der Waals surface area (Å²) in [6.07, 6.45) is -0.655. The quantitative estimate of drug-likeness (QED) is 0.659. The number of benzene rings is 2. The van der Waals surface area contributed by atoms with Crippen LogP contribution in [0.15, 0.2) is 59.1 Å². The van der Waals surface area contributed by atoms with E-state index < -0.39 is 6.10 Å². The molecule has 0 radical (unpaired) electrons. The van der Waals surface area contributed by atoms with Gasteiger partial charge in [-0.05, 0) is 31.2 Å². The van der Waals surface area contributed by atoms with Crippen LogP contribution in [0.3, 0.4) is 0 Å². The van der Waals surface area contributed by atoms with Crippen LogP contribution < -0.4 is 4.74 Å². The molecule has 134 valence electrons. The molecule has 1 aromatic heterocycles. The molecule has 0 saturated carbocycles. The van der Waals surface area contributed by atoms with Crippen LogP contribution in [-0.2, 0) is 11.3 Å². The second-order valence-corrected chi connectivity index (χ2v) is 6.22. The first-order valence-corrected chi connectivity index (χ1v) is 8.46. The molecule has 0 aliphatic heterocycles. The summed E-state index contributed by atoms with van der Waals surface area (Å²) in [6, 6.07) is 16.4. The lowest BCUT2D eigenvalue weighted by atomic mass is 10.2. The zero-order valence-corrected chi connectivity index (χ0v) is 15.2. The Hall–Kier alpha value is -2.86. The van der Waals surface area contributed by atoms with Gasteiger partial charge in [-0.25, -0.2) is 0 Å². The molecule has 1 heterocycles. The molecule has 0 unspecified atom stereocenters. The summed E-state index contributed by atoms with van der Waals surface area (Å²) in [4.78, 5) is 18.3. The lowest BCUT2D eigenvalue weighted by Gasteiger charge is -2.20. The summed E-state index contributed by atoms with van der Waals surface area (Å²) in [5, 5.41) is 4.56. The van der Waals surface area contributed by atoms with Crippen molar-refractivity contribution in [3.63, 3.8) is 0 Å². The smallest absolute Gasteiger partial charge is 0.263 e. The third-order valence-electron chi connectivity index (χ3n) is 3.72. The minimum Gasteiger partial charge on any atom is -0.481 e. The highest BCUT2D eigenvalue weighted by Crippen LogP contribution is 2.18. The normalized spacial score (nSPS) is 11.8. The van der Waals surface area contributed by atoms with Crippen LogP contribution in [0.2, 0.25) is 5.02 Å². The van der Waals surface area contributed by atoms with Crippen LogP contribution >= 0.6 is 11.6 Å². The first-order valence-electron chi connectivity index (χ1n) is 8.08. The molecule has 0 fully saturated rings. The molecule has 0 aliphatic carbocycles. The summed E-state index contributed by atoms with van der Waals surface area (Å²) in [7, 11) is 1.66. The highest BCUT2D eigenvalue weighted by Gasteiger charge is 2.21. The fourth-order valence-electron chi connectivity index (χ4n) is 2.38. The van der Waals surface area contributed by atoms with E-state index in [2.05, 4.69) is 10.1 Å². The van der Waals surface area contributed by atoms with E-state index in [0.717, 1.165) is 5.56 Å². The molecule has 7 heteroatoms. The predicted octanol–water partition coefficient (Wildman–Crippen LogP) is 3.82. The number of carbonyl (C=O) groups excluding carboxylic acids is 1. The van der Waals surface area contributed by atoms with Gasteiger partial charge in [0, 0.05) is 17.6 Å². The van der Waals surface area contributed by atoms with Crippen molar-refractivity contribution in [3.8, 4) is 17.1 Å². The summed E-state index contributed by atoms with van der Waals surface area (Å²) in [5.74, 6) is 1.23. The monoisotopic (exact) mass is 371 g/mol. The molecule has 0 bridgehead atoms. The topological polar surface area (TPSA) is 68.5 Å². The lowest BCUT2D eigenvalue weighted by Crippen LogP contribution is -2.37. The van der Waals surface area contributed by atoms with E-state index in [0.29, 0.717) is 22.5 Å². The van der Waals surface area contributed by atoms with Gasteiger partial charge in [0.25, 0.3) is 5.91 Å². The van der Waals surface area contributed by atoms with Crippen molar-refractivity contribution in [2.45, 2.75) is 19.6 Å². The number of aromatic nitrogens is 2. The Morgan fingerprint density at radius 3 is 2.58 bits per heavy atom. The molecule has 1 amide bonds. The molecule has 0 aliphatic rings. The number of nitrogens with zero attached hydrogens (tertiary/aromatic N) is 3. The fourth-order valence-corrected chi connectivity index (χ4v) is 2.51. The van der Waals surface area contributed by atoms with Crippen LogP contribution in [0.1, 0.15) is 12.8 Å². The average molecular weight is 372 g/mol. The van der Waals surface area contributed by atoms with Gasteiger partial charge in [0.2, 0.25) is 11.7 Å². The number of rotatable bonds is 6. The second-order valence-electron chi connectivity index (χ2n) is 5.79. The van der Waals surface area contributed by atoms with E-state index in [9.17, 15) is 4.79 Å². The molecule has 6 nitrogen and oxygen atoms in total. The summed E-state index contributed by atoms with van der Waals surface area (Å²) >= 11 is 5.84. The molecule has 3 aromatic rings. The summed E-state index contributed by atoms with van der Waals surface area (Å²) in [6.45, 7) is 1.89. The zero-order valence-electron chi connectivity index (χ0n) is 14.4. The molecule has 0 spiro atoms. The van der Waals surface area contributed by atoms with Crippen molar-refractivity contribution in [2.75, 3.05) is 7.05 Å². The number of hydrogen-bond acceptors (Lipinski definition) is 5. The van der Waals surface area contributed by atoms with Gasteiger partial charge in [0.15, 0.2) is 6.10 Å². The number of likely N-dealkylation sites (N-methyl/N-ethyl adjacent to an activating group) is 1. The Labute approximate surface area is 156 Å². The largest absolute Gasteiger partial charge is 0.481 e. The van der Waals surface area contributed by atoms with Crippen LogP contribution in [0.4, 0.5) is 0 Å². The molecule has 1 atom stereocenters. The molecular weight excluding hydrogens is 354 g/mol. The van der Waals surface area contributed by atoms with E-state index in [1.165, 1.54) is 4.90 Å². The van der Waals surface area contributed by atoms with Crippen molar-refractivity contribution >= 4 is 17.5 Å². The highest BCUT2D eigenvalue weighted by molar-refractivity contribution is 6.30. The predicted molar refractivity (Wildman–Crippen MR) is 97.8 cm³/mol. The first-order chi connectivity index (χ1) is 12.5. The van der Waals surface area contributed by atoms with E-state index >= 15 is 0 Å². The van der Waals surface area contributed by atoms with Crippen molar-refractivity contribution in [1.82, 2.24) is 15.0 Å². The van der Waals surface area contributed by atoms with Crippen LogP contribution in [0, 0.1) is 0 Å². The van der Waals surface area contributed by atoms with Crippen molar-refractivity contribution in [3.05, 3.63) is 65.5 Å². The third kappa shape index (κ3) is 4.40. The van der Waals surface area contributed by atoms with Gasteiger partial charge < -0.3 is 14.2 Å². The SMILES string of the molecule is C[C@H](Oc1ccc(Cl)cc1)C(=O)N(C)Cc1nc(-c2ccccc2)no1. The van der Waals surface area contributed by atoms with Crippen LogP contribution in [0.5, 0.6) is 5.75 Å². The fraction of sp³-hybridized carbons (Fsp3) is 0.211. The Kier molecular flexibility index (Phi) is 5.53. The molecule has 0 N–H and O–H groups in total. The van der Waals surface area contributed by atoms with Gasteiger partial charge in [-0.1, -0.05) is 47.1 Å². The van der Waals surface area contributed by atoms with Gasteiger partial charge >= 0.3 is 0 Å². The molecule has 26 heavy (non-hydrogen) atoms. The number of hydrogen-bond donors (Lipinski definition) is 0. The zero-order chi connectivity index (χ0) is 18.5. The van der Waals surface area contributed by atoms with Gasteiger partial charge in [0.05, 0.1) is 6.54 Å². The number of ether oxygens (including phenoxy) is 1. The van der Waals surface area contributed by atoms with E-state index in [4.69, 9.17) is 20.9 Å². The van der Waals surface area contributed by atoms with Crippen LogP contribution in [0.25, 0.3) is 11.4 Å². The summed E-state index contributed by atoms with van der Waals surface area (Å²) in [5.41, 5.74) is 0.857. The third-order valence-corrected chi connectivity index (χ3v) is 3.97. The van der Waals surface area contributed by atoms with Crippen molar-refractivity contribution < 1.29 is 14.1 Å². The number of carbonyl (C=O) groups is 1. The van der Waals surface area contributed by atoms with Crippen LogP contribution in [-0.4, -0.2) is 34.1 Å². The Morgan fingerprint density at radius 2 is 1.88 bits per heavy atom. The summed E-state index contributed by atoms with van der Waals surface area (Å²) < 4.78 is 10.9. The van der Waals surface area contributed by atoms with E-state index in [1.807, 2.05) is 30.3 Å². The van der Waals surface area contributed by atoms with Crippen molar-refractivity contribution in [1.29, 1.82) is 0 Å². The number of amides is 1. The standard InChI is InChI=1S/C19H18ClN3O3/c1-13(25-16-10-8-15(20)9-11-16)19(24)23(2)12-17-21-18(22-26-17)14-6-4-3-5-7-14/h3-11,13H,12H2,1-2H3/t13-/m0/s1. The maximum atomic E-state index is 12.5. The molecule has 0 saturated heterocycles. The van der Waals surface area contributed by atoms with Gasteiger partial charge in [-0.2, -0.15) is 4.98 Å². The second kappa shape index (κ2) is 8.01. The molecular formula is C19H18ClN3O3. The maximum Gasteiger partial charge on any atom is 0.263 e. The van der Waals surface area contributed by atoms with E-state index in [1.54, 1.807) is 38.2 Å². The molecule has 2 aromatic carbocycles. The molecule has 3 rings (SSSR count). The van der Waals surface area contributed by atoms with Gasteiger partial charge in [0.1, 0.15) is 5.75 Å². The number of halogens is 1. The Balaban J connectivity index is 1.60. The van der Waals surface area contributed by atoms with Gasteiger partial charge in [-0.15, -0.1) is 0 Å². The van der Waals surface area contributed by atoms with E-state index in [-0.39, 0.29) is 12.5 Å². The average Bonchev–Trinajstić information content (AvgIpc) is 3.12. The minimum atomic E-state index is -0.655. The highest BCUT2D eigenvalue weighted by atomic mass is 35.5. The first kappa shape index (κ1) is 17.9. The Morgan fingerprint density at radius 1 is 1.19 bits per heavy atom. The van der Waals surface area contributed by atoms with Crippen molar-refractivity contribution in [2.24, 2.45) is 0 Å². The maximum absolute atomic E-state index is 12.5. The Bertz CT molecular complexity index is 865. The lowest BCUT2D eigenvalue weighted by molar-refractivity contribution is -0.137. The van der Waals surface area contributed by atoms with Gasteiger partial charge in [-0.3, -0.25) is 4.79 Å². The minimum absolute atomic E-state index is 0.195.